The Balaban J connectivity index is 1.94. The lowest BCUT2D eigenvalue weighted by molar-refractivity contribution is -0.709. The zero-order valence-corrected chi connectivity index (χ0v) is 8.99. The van der Waals surface area contributed by atoms with Crippen LogP contribution in [0, 0.1) is 0 Å². The van der Waals surface area contributed by atoms with Crippen LogP contribution in [0.5, 0.6) is 0 Å². The average molecular weight is 219 g/mol. The zero-order chi connectivity index (χ0) is 11.0. The van der Waals surface area contributed by atoms with Crippen LogP contribution in [0.15, 0.2) is 18.3 Å². The highest BCUT2D eigenvalue weighted by Gasteiger charge is 2.29. The van der Waals surface area contributed by atoms with Gasteiger partial charge in [0.25, 0.3) is 5.82 Å². The number of rotatable bonds is 1. The average Bonchev–Trinajstić information content (AvgIpc) is 2.76. The minimum absolute atomic E-state index is 0.146. The molecule has 1 amide bonds. The number of nitrogens with one attached hydrogen (secondary N) is 3. The first-order chi connectivity index (χ1) is 7.84. The molecule has 16 heavy (non-hydrogen) atoms. The van der Waals surface area contributed by atoms with E-state index in [1.165, 1.54) is 0 Å². The Morgan fingerprint density at radius 2 is 2.25 bits per heavy atom. The Hall–Kier alpha value is -1.78. The molecule has 1 saturated heterocycles. The van der Waals surface area contributed by atoms with Gasteiger partial charge in [-0.2, -0.15) is 0 Å². The second-order valence-corrected chi connectivity index (χ2v) is 4.20. The number of piperidine rings is 1. The summed E-state index contributed by atoms with van der Waals surface area (Å²) in [5.74, 6) is 1.24. The lowest BCUT2D eigenvalue weighted by Gasteiger charge is -2.21. The maximum Gasteiger partial charge on any atom is 0.299 e. The second-order valence-electron chi connectivity index (χ2n) is 4.20. The van der Waals surface area contributed by atoms with E-state index in [2.05, 4.69) is 26.6 Å². The summed E-state index contributed by atoms with van der Waals surface area (Å²) in [5.41, 5.74) is 1.12. The smallest absolute Gasteiger partial charge is 0.299 e. The molecule has 5 heteroatoms. The Labute approximate surface area is 93.9 Å². The fourth-order valence-corrected chi connectivity index (χ4v) is 2.38. The number of carbonyl (C=O) groups excluding carboxylic acids is 1. The van der Waals surface area contributed by atoms with Crippen LogP contribution < -0.4 is 20.5 Å². The summed E-state index contributed by atoms with van der Waals surface area (Å²) in [4.78, 5) is 11.4. The van der Waals surface area contributed by atoms with Crippen LogP contribution in [0.2, 0.25) is 0 Å². The van der Waals surface area contributed by atoms with Crippen LogP contribution in [0.1, 0.15) is 18.9 Å². The molecule has 1 aromatic rings. The fraction of sp³-hybridized carbons (Fsp3) is 0.455. The first-order valence-electron chi connectivity index (χ1n) is 5.63. The lowest BCUT2D eigenvalue weighted by Crippen LogP contribution is -2.48. The Morgan fingerprint density at radius 1 is 1.31 bits per heavy atom. The molecule has 3 heterocycles. The molecule has 1 unspecified atom stereocenters. The topological polar surface area (TPSA) is 57.0 Å². The van der Waals surface area contributed by atoms with Crippen molar-refractivity contribution in [1.82, 2.24) is 5.32 Å². The number of carbonyl (C=O) groups is 1. The van der Waals surface area contributed by atoms with Gasteiger partial charge < -0.3 is 10.6 Å². The summed E-state index contributed by atoms with van der Waals surface area (Å²) in [5, 5.41) is 9.42. The van der Waals surface area contributed by atoms with E-state index in [0.717, 1.165) is 31.1 Å². The maximum atomic E-state index is 11.4. The number of nitrogens with zero attached hydrogens (tertiary/aromatic N) is 1. The molecule has 0 bridgehead atoms. The Bertz CT molecular complexity index is 432. The van der Waals surface area contributed by atoms with Crippen LogP contribution in [0.25, 0.3) is 0 Å². The summed E-state index contributed by atoms with van der Waals surface area (Å²) in [6.07, 6.45) is 3.61. The van der Waals surface area contributed by atoms with Crippen molar-refractivity contribution in [1.29, 1.82) is 0 Å². The third kappa shape index (κ3) is 1.48. The molecule has 0 radical (unpaired) electrons. The van der Waals surface area contributed by atoms with Crippen molar-refractivity contribution >= 4 is 17.4 Å². The molecular formula is C11H15N4O+. The highest BCUT2D eigenvalue weighted by Crippen LogP contribution is 2.24. The van der Waals surface area contributed by atoms with Crippen LogP contribution >= 0.6 is 0 Å². The van der Waals surface area contributed by atoms with Gasteiger partial charge in [0.2, 0.25) is 5.91 Å². The van der Waals surface area contributed by atoms with Gasteiger partial charge in [-0.1, -0.05) is 0 Å². The monoisotopic (exact) mass is 219 g/mol. The normalized spacial score (nSPS) is 23.0. The van der Waals surface area contributed by atoms with Crippen molar-refractivity contribution in [3.63, 3.8) is 0 Å². The number of hydrogen-bond donors (Lipinski definition) is 3. The lowest BCUT2D eigenvalue weighted by atomic mass is 10.1. The molecule has 0 aliphatic carbocycles. The predicted octanol–water partition coefficient (Wildman–Crippen LogP) is 0.220. The molecule has 2 aliphatic heterocycles. The van der Waals surface area contributed by atoms with Crippen LogP contribution in [-0.4, -0.2) is 19.1 Å². The molecule has 5 nitrogen and oxygen atoms in total. The van der Waals surface area contributed by atoms with Gasteiger partial charge in [-0.05, 0) is 12.1 Å². The molecule has 84 valence electrons. The van der Waals surface area contributed by atoms with Gasteiger partial charge in [0.1, 0.15) is 11.7 Å². The predicted molar refractivity (Wildman–Crippen MR) is 60.0 cm³/mol. The van der Waals surface area contributed by atoms with E-state index >= 15 is 0 Å². The Morgan fingerprint density at radius 3 is 3.12 bits per heavy atom. The minimum Gasteiger partial charge on any atom is -0.356 e. The summed E-state index contributed by atoms with van der Waals surface area (Å²) < 4.78 is 2.17. The molecule has 1 aromatic heterocycles. The highest BCUT2D eigenvalue weighted by atomic mass is 16.1. The number of aromatic nitrogens is 1. The number of amides is 1. The van der Waals surface area contributed by atoms with Gasteiger partial charge in [-0.25, -0.2) is 4.57 Å². The van der Waals surface area contributed by atoms with E-state index in [1.807, 2.05) is 12.3 Å². The largest absolute Gasteiger partial charge is 0.356 e. The van der Waals surface area contributed by atoms with Crippen LogP contribution in [-0.2, 0) is 4.79 Å². The van der Waals surface area contributed by atoms with Gasteiger partial charge in [-0.15, -0.1) is 0 Å². The van der Waals surface area contributed by atoms with Crippen molar-refractivity contribution in [3.05, 3.63) is 18.3 Å². The fourth-order valence-electron chi connectivity index (χ4n) is 2.38. The molecule has 0 spiro atoms. The standard InChI is InChI=1S/C11H14N4O/c16-10-6-8(3-4-12-10)15-5-1-2-9-11(15)14-7-13-9/h1-2,5,8,13H,3-4,6-7H2,(H,12,16)/p+1. The van der Waals surface area contributed by atoms with E-state index < -0.39 is 0 Å². The van der Waals surface area contributed by atoms with E-state index in [-0.39, 0.29) is 11.9 Å². The van der Waals surface area contributed by atoms with Crippen molar-refractivity contribution in [2.75, 3.05) is 23.8 Å². The summed E-state index contributed by atoms with van der Waals surface area (Å²) in [6.45, 7) is 1.53. The molecule has 1 atom stereocenters. The van der Waals surface area contributed by atoms with Gasteiger partial charge in [-0.3, -0.25) is 10.1 Å². The quantitative estimate of drug-likeness (QED) is 0.592. The van der Waals surface area contributed by atoms with Gasteiger partial charge in [0.15, 0.2) is 6.67 Å². The van der Waals surface area contributed by atoms with Crippen molar-refractivity contribution < 1.29 is 9.36 Å². The number of pyridine rings is 1. The number of fused-ring (bicyclic) bond motifs is 1. The molecule has 3 rings (SSSR count). The summed E-state index contributed by atoms with van der Waals surface area (Å²) >= 11 is 0. The number of anilines is 2. The van der Waals surface area contributed by atoms with E-state index in [1.54, 1.807) is 0 Å². The highest BCUT2D eigenvalue weighted by molar-refractivity contribution is 5.77. The zero-order valence-electron chi connectivity index (χ0n) is 8.99. The van der Waals surface area contributed by atoms with E-state index in [4.69, 9.17) is 0 Å². The maximum absolute atomic E-state index is 11.4. The second kappa shape index (κ2) is 3.66. The molecule has 1 fully saturated rings. The first kappa shape index (κ1) is 9.45. The third-order valence-corrected chi connectivity index (χ3v) is 3.17. The van der Waals surface area contributed by atoms with Gasteiger partial charge in [0, 0.05) is 13.0 Å². The SMILES string of the molecule is O=C1CC([n+]2cccc3c2NCN3)CCN1. The van der Waals surface area contributed by atoms with Gasteiger partial charge in [0.05, 0.1) is 12.6 Å². The molecule has 0 aromatic carbocycles. The van der Waals surface area contributed by atoms with E-state index in [0.29, 0.717) is 6.42 Å². The third-order valence-electron chi connectivity index (χ3n) is 3.17. The minimum atomic E-state index is 0.146. The van der Waals surface area contributed by atoms with Crippen molar-refractivity contribution in [3.8, 4) is 0 Å². The summed E-state index contributed by atoms with van der Waals surface area (Å²) in [7, 11) is 0. The van der Waals surface area contributed by atoms with E-state index in [9.17, 15) is 4.79 Å². The van der Waals surface area contributed by atoms with Crippen LogP contribution in [0.4, 0.5) is 11.5 Å². The molecular weight excluding hydrogens is 204 g/mol. The van der Waals surface area contributed by atoms with Crippen molar-refractivity contribution in [2.24, 2.45) is 0 Å². The molecule has 0 saturated carbocycles. The van der Waals surface area contributed by atoms with Crippen LogP contribution in [0.3, 0.4) is 0 Å². The first-order valence-corrected chi connectivity index (χ1v) is 5.63. The van der Waals surface area contributed by atoms with Crippen molar-refractivity contribution in [2.45, 2.75) is 18.9 Å². The number of hydrogen-bond acceptors (Lipinski definition) is 3. The summed E-state index contributed by atoms with van der Waals surface area (Å²) in [6, 6.07) is 4.34. The van der Waals surface area contributed by atoms with Gasteiger partial charge >= 0.3 is 0 Å². The Kier molecular flexibility index (Phi) is 2.16. The molecule has 3 N–H and O–H groups in total. The molecule has 2 aliphatic rings.